The highest BCUT2D eigenvalue weighted by atomic mass is 16.5. The third kappa shape index (κ3) is 5.93. The van der Waals surface area contributed by atoms with Crippen LogP contribution in [0.2, 0.25) is 0 Å². The Labute approximate surface area is 149 Å². The third-order valence-corrected chi connectivity index (χ3v) is 4.91. The largest absolute Gasteiger partial charge is 0.379 e. The SMILES string of the molecule is O=C(NCCN1CCOCC1)c1cnc(NC2CCCCCC2)cn1. The van der Waals surface area contributed by atoms with Gasteiger partial charge in [0.05, 0.1) is 25.6 Å². The van der Waals surface area contributed by atoms with Crippen molar-refractivity contribution in [3.8, 4) is 0 Å². The van der Waals surface area contributed by atoms with Crippen molar-refractivity contribution in [1.29, 1.82) is 0 Å². The van der Waals surface area contributed by atoms with Crippen LogP contribution in [0, 0.1) is 0 Å². The number of morpholine rings is 1. The fraction of sp³-hybridized carbons (Fsp3) is 0.722. The number of hydrogen-bond donors (Lipinski definition) is 2. The second-order valence-electron chi connectivity index (χ2n) is 6.83. The van der Waals surface area contributed by atoms with Gasteiger partial charge in [0.1, 0.15) is 11.5 Å². The molecule has 7 heteroatoms. The summed E-state index contributed by atoms with van der Waals surface area (Å²) < 4.78 is 5.32. The van der Waals surface area contributed by atoms with Gasteiger partial charge >= 0.3 is 0 Å². The van der Waals surface area contributed by atoms with Gasteiger partial charge in [-0.05, 0) is 12.8 Å². The van der Waals surface area contributed by atoms with E-state index in [0.717, 1.165) is 38.7 Å². The van der Waals surface area contributed by atoms with Crippen molar-refractivity contribution in [1.82, 2.24) is 20.2 Å². The molecule has 1 saturated carbocycles. The van der Waals surface area contributed by atoms with Gasteiger partial charge in [0.2, 0.25) is 0 Å². The second kappa shape index (κ2) is 9.68. The standard InChI is InChI=1S/C18H29N5O2/c24-18(19-7-8-23-9-11-25-12-10-23)16-13-21-17(14-20-16)22-15-5-3-1-2-4-6-15/h13-15H,1-12H2,(H,19,24)(H,21,22). The van der Waals surface area contributed by atoms with Gasteiger partial charge in [-0.1, -0.05) is 25.7 Å². The lowest BCUT2D eigenvalue weighted by atomic mass is 10.1. The molecule has 2 heterocycles. The van der Waals surface area contributed by atoms with E-state index in [-0.39, 0.29) is 5.91 Å². The van der Waals surface area contributed by atoms with Crippen molar-refractivity contribution in [2.75, 3.05) is 44.7 Å². The molecule has 1 aromatic heterocycles. The predicted octanol–water partition coefficient (Wildman–Crippen LogP) is 1.67. The van der Waals surface area contributed by atoms with Crippen LogP contribution in [0.1, 0.15) is 49.0 Å². The number of ether oxygens (including phenoxy) is 1. The van der Waals surface area contributed by atoms with Crippen LogP contribution in [0.3, 0.4) is 0 Å². The zero-order chi connectivity index (χ0) is 17.3. The molecule has 0 atom stereocenters. The Kier molecular flexibility index (Phi) is 6.99. The summed E-state index contributed by atoms with van der Waals surface area (Å²) in [5.41, 5.74) is 0.369. The van der Waals surface area contributed by atoms with Crippen molar-refractivity contribution in [3.63, 3.8) is 0 Å². The minimum Gasteiger partial charge on any atom is -0.379 e. The van der Waals surface area contributed by atoms with Crippen molar-refractivity contribution in [2.45, 2.75) is 44.6 Å². The summed E-state index contributed by atoms with van der Waals surface area (Å²) >= 11 is 0. The maximum absolute atomic E-state index is 12.2. The van der Waals surface area contributed by atoms with Crippen molar-refractivity contribution < 1.29 is 9.53 Å². The zero-order valence-corrected chi connectivity index (χ0v) is 14.9. The van der Waals surface area contributed by atoms with Gasteiger partial charge in [-0.3, -0.25) is 9.69 Å². The van der Waals surface area contributed by atoms with Gasteiger partial charge in [0.15, 0.2) is 0 Å². The van der Waals surface area contributed by atoms with E-state index in [1.54, 1.807) is 12.4 Å². The first-order valence-electron chi connectivity index (χ1n) is 9.48. The molecule has 25 heavy (non-hydrogen) atoms. The molecule has 138 valence electrons. The maximum Gasteiger partial charge on any atom is 0.271 e. The Balaban J connectivity index is 1.41. The number of hydrogen-bond acceptors (Lipinski definition) is 6. The van der Waals surface area contributed by atoms with E-state index in [2.05, 4.69) is 25.5 Å². The molecule has 1 aromatic rings. The first kappa shape index (κ1) is 18.1. The van der Waals surface area contributed by atoms with Gasteiger partial charge in [-0.25, -0.2) is 9.97 Å². The Bertz CT molecular complexity index is 523. The van der Waals surface area contributed by atoms with E-state index < -0.39 is 0 Å². The van der Waals surface area contributed by atoms with Crippen molar-refractivity contribution in [3.05, 3.63) is 18.1 Å². The van der Waals surface area contributed by atoms with Crippen LogP contribution >= 0.6 is 0 Å². The lowest BCUT2D eigenvalue weighted by Gasteiger charge is -2.26. The summed E-state index contributed by atoms with van der Waals surface area (Å²) in [5.74, 6) is 0.596. The van der Waals surface area contributed by atoms with Crippen LogP contribution in [0.5, 0.6) is 0 Å². The number of rotatable bonds is 6. The fourth-order valence-electron chi connectivity index (χ4n) is 3.40. The third-order valence-electron chi connectivity index (χ3n) is 4.91. The number of nitrogens with zero attached hydrogens (tertiary/aromatic N) is 3. The Morgan fingerprint density at radius 1 is 1.12 bits per heavy atom. The number of aromatic nitrogens is 2. The zero-order valence-electron chi connectivity index (χ0n) is 14.9. The van der Waals surface area contributed by atoms with Crippen LogP contribution in [-0.2, 0) is 4.74 Å². The molecule has 1 saturated heterocycles. The molecule has 1 amide bonds. The summed E-state index contributed by atoms with van der Waals surface area (Å²) in [6, 6.07) is 0.477. The van der Waals surface area contributed by atoms with Crippen molar-refractivity contribution >= 4 is 11.7 Å². The van der Waals surface area contributed by atoms with Gasteiger partial charge in [0.25, 0.3) is 5.91 Å². The average molecular weight is 347 g/mol. The minimum absolute atomic E-state index is 0.165. The second-order valence-corrected chi connectivity index (χ2v) is 6.83. The molecular formula is C18H29N5O2. The summed E-state index contributed by atoms with van der Waals surface area (Å²) in [7, 11) is 0. The van der Waals surface area contributed by atoms with Crippen LogP contribution in [0.15, 0.2) is 12.4 Å². The quantitative estimate of drug-likeness (QED) is 0.762. The molecule has 3 rings (SSSR count). The minimum atomic E-state index is -0.165. The summed E-state index contributed by atoms with van der Waals surface area (Å²) in [5, 5.41) is 6.36. The van der Waals surface area contributed by atoms with E-state index in [1.807, 2.05) is 0 Å². The normalized spacial score (nSPS) is 20.0. The predicted molar refractivity (Wildman–Crippen MR) is 96.7 cm³/mol. The molecule has 0 aromatic carbocycles. The molecule has 0 bridgehead atoms. The Hall–Kier alpha value is -1.73. The van der Waals surface area contributed by atoms with E-state index in [9.17, 15) is 4.79 Å². The lowest BCUT2D eigenvalue weighted by molar-refractivity contribution is 0.0383. The molecule has 7 nitrogen and oxygen atoms in total. The van der Waals surface area contributed by atoms with Crippen LogP contribution < -0.4 is 10.6 Å². The molecule has 1 aliphatic heterocycles. The van der Waals surface area contributed by atoms with E-state index in [0.29, 0.717) is 18.3 Å². The van der Waals surface area contributed by atoms with Crippen molar-refractivity contribution in [2.24, 2.45) is 0 Å². The molecule has 0 unspecified atom stereocenters. The number of carbonyl (C=O) groups is 1. The molecule has 2 N–H and O–H groups in total. The molecule has 2 aliphatic rings. The van der Waals surface area contributed by atoms with Crippen LogP contribution in [0.25, 0.3) is 0 Å². The van der Waals surface area contributed by atoms with E-state index in [4.69, 9.17) is 4.74 Å². The van der Waals surface area contributed by atoms with E-state index in [1.165, 1.54) is 38.5 Å². The van der Waals surface area contributed by atoms with Gasteiger partial charge < -0.3 is 15.4 Å². The Morgan fingerprint density at radius 2 is 1.88 bits per heavy atom. The fourth-order valence-corrected chi connectivity index (χ4v) is 3.40. The summed E-state index contributed by atoms with van der Waals surface area (Å²) in [6.07, 6.45) is 10.8. The molecule has 0 spiro atoms. The Morgan fingerprint density at radius 3 is 2.56 bits per heavy atom. The van der Waals surface area contributed by atoms with E-state index >= 15 is 0 Å². The summed E-state index contributed by atoms with van der Waals surface area (Å²) in [4.78, 5) is 23.1. The topological polar surface area (TPSA) is 79.4 Å². The van der Waals surface area contributed by atoms with Crippen LogP contribution in [-0.4, -0.2) is 66.2 Å². The maximum atomic E-state index is 12.2. The summed E-state index contributed by atoms with van der Waals surface area (Å²) in [6.45, 7) is 4.85. The lowest BCUT2D eigenvalue weighted by Crippen LogP contribution is -2.41. The smallest absolute Gasteiger partial charge is 0.271 e. The first-order valence-corrected chi connectivity index (χ1v) is 9.48. The molecule has 1 aliphatic carbocycles. The molecule has 0 radical (unpaired) electrons. The highest BCUT2D eigenvalue weighted by Gasteiger charge is 2.14. The average Bonchev–Trinajstić information content (AvgIpc) is 2.92. The number of anilines is 1. The number of amides is 1. The highest BCUT2D eigenvalue weighted by Crippen LogP contribution is 2.19. The number of nitrogens with one attached hydrogen (secondary N) is 2. The number of carbonyl (C=O) groups excluding carboxylic acids is 1. The monoisotopic (exact) mass is 347 g/mol. The van der Waals surface area contributed by atoms with Gasteiger partial charge in [-0.2, -0.15) is 0 Å². The first-order chi connectivity index (χ1) is 12.3. The van der Waals surface area contributed by atoms with Crippen LogP contribution in [0.4, 0.5) is 5.82 Å². The highest BCUT2D eigenvalue weighted by molar-refractivity contribution is 5.91. The van der Waals surface area contributed by atoms with Gasteiger partial charge in [0, 0.05) is 32.2 Å². The van der Waals surface area contributed by atoms with Gasteiger partial charge in [-0.15, -0.1) is 0 Å². The molecular weight excluding hydrogens is 318 g/mol. The molecule has 2 fully saturated rings.